The fourth-order valence-corrected chi connectivity index (χ4v) is 0.923. The van der Waals surface area contributed by atoms with Crippen LogP contribution in [0.1, 0.15) is 10.4 Å². The minimum Gasteiger partial charge on any atom is -0.546 e. The summed E-state index contributed by atoms with van der Waals surface area (Å²) in [6, 6.07) is 6.07. The molecule has 4 nitrogen and oxygen atoms in total. The monoisotopic (exact) mass is 202 g/mol. The average molecular weight is 202 g/mol. The number of hydrogen-bond acceptors (Lipinski definition) is 4. The first-order valence-electron chi connectivity index (χ1n) is 4.30. The highest BCUT2D eigenvalue weighted by Crippen LogP contribution is 2.11. The number of carbonyl (C=O) groups is 2. The molecule has 1 aromatic carbocycles. The second kappa shape index (κ2) is 5.90. The Kier molecular flexibility index (Phi) is 4.47. The van der Waals surface area contributed by atoms with Crippen LogP contribution in [0.25, 0.3) is 0 Å². The molecular formula is C9H8B2O4. The van der Waals surface area contributed by atoms with E-state index >= 15 is 0 Å². The van der Waals surface area contributed by atoms with Gasteiger partial charge in [0.05, 0.1) is 5.56 Å². The third-order valence-electron chi connectivity index (χ3n) is 1.59. The van der Waals surface area contributed by atoms with E-state index < -0.39 is 5.97 Å². The normalized spacial score (nSPS) is 8.87. The van der Waals surface area contributed by atoms with Crippen LogP contribution in [0.15, 0.2) is 24.3 Å². The zero-order valence-corrected chi connectivity index (χ0v) is 8.17. The first-order chi connectivity index (χ1) is 7.27. The minimum atomic E-state index is -0.453. The van der Waals surface area contributed by atoms with Gasteiger partial charge in [-0.25, -0.2) is 4.79 Å². The van der Waals surface area contributed by atoms with Gasteiger partial charge in [0.25, 0.3) is 6.47 Å². The van der Waals surface area contributed by atoms with E-state index in [4.69, 9.17) is 4.65 Å². The van der Waals surface area contributed by atoms with Crippen molar-refractivity contribution in [3.8, 4) is 5.75 Å². The fourth-order valence-electron chi connectivity index (χ4n) is 0.923. The summed E-state index contributed by atoms with van der Waals surface area (Å²) in [5.74, 6) is -0.0710. The van der Waals surface area contributed by atoms with Crippen molar-refractivity contribution in [2.45, 2.75) is 6.82 Å². The number of carbonyl (C=O) groups excluding carboxylic acids is 2. The molecule has 0 saturated heterocycles. The molecule has 0 amide bonds. The van der Waals surface area contributed by atoms with E-state index in [9.17, 15) is 9.59 Å². The lowest BCUT2D eigenvalue weighted by Gasteiger charge is -2.03. The molecule has 0 fully saturated rings. The predicted molar refractivity (Wildman–Crippen MR) is 55.9 cm³/mol. The molecule has 0 aliphatic rings. The molecule has 6 heteroatoms. The van der Waals surface area contributed by atoms with Gasteiger partial charge in [0.1, 0.15) is 12.9 Å². The molecule has 0 unspecified atom stereocenters. The first kappa shape index (κ1) is 11.4. The van der Waals surface area contributed by atoms with Gasteiger partial charge in [0.2, 0.25) is 0 Å². The zero-order valence-electron chi connectivity index (χ0n) is 8.17. The van der Waals surface area contributed by atoms with Gasteiger partial charge in [-0.3, -0.25) is 4.79 Å². The third kappa shape index (κ3) is 3.50. The number of hydrogen-bond donors (Lipinski definition) is 0. The van der Waals surface area contributed by atoms with Gasteiger partial charge in [-0.2, -0.15) is 0 Å². The van der Waals surface area contributed by atoms with Gasteiger partial charge in [-0.1, -0.05) is 6.82 Å². The van der Waals surface area contributed by atoms with Crippen LogP contribution in [0, 0.1) is 0 Å². The minimum absolute atomic E-state index is 0.327. The van der Waals surface area contributed by atoms with Gasteiger partial charge in [0, 0.05) is 0 Å². The standard InChI is InChI=1S/C9H8B2O4/c1-10-11-15-9(13)7-2-4-8(5-3-7)14-6-12/h2-6H,1H3. The van der Waals surface area contributed by atoms with Gasteiger partial charge in [-0.05, 0) is 24.3 Å². The Bertz CT molecular complexity index is 336. The lowest BCUT2D eigenvalue weighted by molar-refractivity contribution is -0.120. The quantitative estimate of drug-likeness (QED) is 0.519. The summed E-state index contributed by atoms with van der Waals surface area (Å²) in [7, 11) is 2.92. The van der Waals surface area contributed by atoms with E-state index in [2.05, 4.69) is 4.74 Å². The molecule has 0 heterocycles. The summed E-state index contributed by atoms with van der Waals surface area (Å²) in [6.45, 7) is 2.07. The molecule has 2 radical (unpaired) electrons. The van der Waals surface area contributed by atoms with Crippen molar-refractivity contribution in [2.24, 2.45) is 0 Å². The van der Waals surface area contributed by atoms with Crippen LogP contribution in [0.4, 0.5) is 0 Å². The van der Waals surface area contributed by atoms with Gasteiger partial charge < -0.3 is 9.39 Å². The second-order valence-electron chi connectivity index (χ2n) is 2.61. The van der Waals surface area contributed by atoms with Crippen molar-refractivity contribution in [2.75, 3.05) is 0 Å². The molecule has 0 aliphatic carbocycles. The largest absolute Gasteiger partial charge is 0.546 e. The molecule has 0 aromatic heterocycles. The number of rotatable bonds is 5. The second-order valence-corrected chi connectivity index (χ2v) is 2.61. The molecule has 1 rings (SSSR count). The molecule has 1 aromatic rings. The Hall–Kier alpha value is -1.71. The molecular weight excluding hydrogens is 194 g/mol. The van der Waals surface area contributed by atoms with E-state index in [0.717, 1.165) is 0 Å². The van der Waals surface area contributed by atoms with Crippen molar-refractivity contribution >= 4 is 27.0 Å². The van der Waals surface area contributed by atoms with E-state index in [1.807, 2.05) is 0 Å². The molecule has 15 heavy (non-hydrogen) atoms. The van der Waals surface area contributed by atoms with Crippen LogP contribution < -0.4 is 4.74 Å². The summed E-state index contributed by atoms with van der Waals surface area (Å²) in [4.78, 5) is 21.3. The summed E-state index contributed by atoms with van der Waals surface area (Å²) >= 11 is 0. The SMILES string of the molecule is C[B][B]OC(=O)c1ccc(OC=O)cc1. The Morgan fingerprint density at radius 1 is 1.33 bits per heavy atom. The van der Waals surface area contributed by atoms with E-state index in [-0.39, 0.29) is 0 Å². The summed E-state index contributed by atoms with van der Waals surface area (Å²) in [6.07, 6.45) is 0. The van der Waals surface area contributed by atoms with Crippen LogP contribution in [0.5, 0.6) is 5.75 Å². The highest BCUT2D eigenvalue weighted by atomic mass is 16.5. The van der Waals surface area contributed by atoms with Crippen LogP contribution in [0.2, 0.25) is 6.82 Å². The topological polar surface area (TPSA) is 52.6 Å². The highest BCUT2D eigenvalue weighted by Gasteiger charge is 2.06. The van der Waals surface area contributed by atoms with Crippen molar-refractivity contribution in [3.63, 3.8) is 0 Å². The smallest absolute Gasteiger partial charge is 0.319 e. The van der Waals surface area contributed by atoms with Crippen molar-refractivity contribution in [1.29, 1.82) is 0 Å². The highest BCUT2D eigenvalue weighted by molar-refractivity contribution is 6.97. The van der Waals surface area contributed by atoms with E-state index in [1.54, 1.807) is 14.0 Å². The Morgan fingerprint density at radius 2 is 2.00 bits per heavy atom. The number of ether oxygens (including phenoxy) is 1. The summed E-state index contributed by atoms with van der Waals surface area (Å²) < 4.78 is 9.32. The summed E-state index contributed by atoms with van der Waals surface area (Å²) in [5.41, 5.74) is 0.395. The van der Waals surface area contributed by atoms with Crippen molar-refractivity contribution in [3.05, 3.63) is 29.8 Å². The maximum absolute atomic E-state index is 11.3. The third-order valence-corrected chi connectivity index (χ3v) is 1.59. The molecule has 0 spiro atoms. The lowest BCUT2D eigenvalue weighted by Crippen LogP contribution is -2.12. The molecule has 0 atom stereocenters. The molecule has 0 N–H and O–H groups in total. The van der Waals surface area contributed by atoms with Crippen molar-refractivity contribution < 1.29 is 19.0 Å². The zero-order chi connectivity index (χ0) is 11.1. The van der Waals surface area contributed by atoms with Crippen LogP contribution in [0.3, 0.4) is 0 Å². The average Bonchev–Trinajstić information content (AvgIpc) is 2.27. The Balaban J connectivity index is 2.62. The molecule has 0 bridgehead atoms. The lowest BCUT2D eigenvalue weighted by atomic mass is 9.52. The number of benzene rings is 1. The maximum atomic E-state index is 11.3. The Labute approximate surface area is 89.1 Å². The molecule has 74 valence electrons. The van der Waals surface area contributed by atoms with Gasteiger partial charge in [0.15, 0.2) is 0 Å². The Morgan fingerprint density at radius 3 is 2.53 bits per heavy atom. The summed E-state index contributed by atoms with van der Waals surface area (Å²) in [5, 5.41) is 0. The van der Waals surface area contributed by atoms with Crippen LogP contribution in [-0.2, 0) is 9.45 Å². The van der Waals surface area contributed by atoms with E-state index in [0.29, 0.717) is 17.8 Å². The molecule has 0 aliphatic heterocycles. The van der Waals surface area contributed by atoms with Crippen LogP contribution >= 0.6 is 0 Å². The van der Waals surface area contributed by atoms with Gasteiger partial charge >= 0.3 is 13.3 Å². The predicted octanol–water partition coefficient (Wildman–Crippen LogP) is 0.665. The first-order valence-corrected chi connectivity index (χ1v) is 4.30. The van der Waals surface area contributed by atoms with E-state index in [1.165, 1.54) is 31.6 Å². The van der Waals surface area contributed by atoms with Crippen LogP contribution in [-0.4, -0.2) is 27.0 Å². The van der Waals surface area contributed by atoms with Crippen molar-refractivity contribution in [1.82, 2.24) is 0 Å². The molecule has 0 saturated carbocycles. The fraction of sp³-hybridized carbons (Fsp3) is 0.111. The maximum Gasteiger partial charge on any atom is 0.319 e. The van der Waals surface area contributed by atoms with Gasteiger partial charge in [-0.15, -0.1) is 0 Å².